The first-order chi connectivity index (χ1) is 14.8. The minimum Gasteiger partial charge on any atom is -0.323 e. The van der Waals surface area contributed by atoms with Crippen LogP contribution in [0.5, 0.6) is 0 Å². The van der Waals surface area contributed by atoms with Crippen molar-refractivity contribution in [2.24, 2.45) is 0 Å². The van der Waals surface area contributed by atoms with Gasteiger partial charge < -0.3 is 5.32 Å². The lowest BCUT2D eigenvalue weighted by Crippen LogP contribution is -2.38. The number of hydrogen-bond donors (Lipinski definition) is 1. The van der Waals surface area contributed by atoms with E-state index >= 15 is 0 Å². The second-order valence-corrected chi connectivity index (χ2v) is 10.3. The minimum absolute atomic E-state index is 0.0986. The Balaban J connectivity index is 1.95. The maximum absolute atomic E-state index is 13.4. The molecule has 1 N–H and O–H groups in total. The van der Waals surface area contributed by atoms with Gasteiger partial charge in [-0.2, -0.15) is 0 Å². The summed E-state index contributed by atoms with van der Waals surface area (Å²) in [6, 6.07) is 20.4. The highest BCUT2D eigenvalue weighted by atomic mass is 35.5. The van der Waals surface area contributed by atoms with Gasteiger partial charge in [-0.05, 0) is 54.6 Å². The summed E-state index contributed by atoms with van der Waals surface area (Å²) in [5.41, 5.74) is 1.79. The first-order valence-corrected chi connectivity index (χ1v) is 12.5. The van der Waals surface area contributed by atoms with Crippen molar-refractivity contribution < 1.29 is 13.2 Å². The molecule has 0 bridgehead atoms. The Morgan fingerprint density at radius 1 is 1.03 bits per heavy atom. The molecule has 0 aliphatic heterocycles. The lowest BCUT2D eigenvalue weighted by Gasteiger charge is -2.25. The predicted molar refractivity (Wildman–Crippen MR) is 129 cm³/mol. The summed E-state index contributed by atoms with van der Waals surface area (Å²) in [6.45, 7) is 3.47. The fraction of sp³-hybridized carbons (Fsp3) is 0.174. The van der Waals surface area contributed by atoms with Gasteiger partial charge in [-0.3, -0.25) is 9.10 Å². The number of hydrogen-bond acceptors (Lipinski definition) is 4. The van der Waals surface area contributed by atoms with E-state index in [1.165, 1.54) is 12.1 Å². The molecule has 0 unspecified atom stereocenters. The second kappa shape index (κ2) is 10.2. The Morgan fingerprint density at radius 2 is 1.71 bits per heavy atom. The fourth-order valence-corrected chi connectivity index (χ4v) is 5.31. The second-order valence-electron chi connectivity index (χ2n) is 6.74. The number of carbonyl (C=O) groups excluding carboxylic acids is 1. The van der Waals surface area contributed by atoms with Crippen LogP contribution in [0, 0.1) is 6.92 Å². The minimum atomic E-state index is -3.98. The molecule has 1 amide bonds. The van der Waals surface area contributed by atoms with Crippen LogP contribution in [0.4, 0.5) is 11.4 Å². The molecule has 8 heteroatoms. The number of halogens is 1. The topological polar surface area (TPSA) is 66.5 Å². The van der Waals surface area contributed by atoms with Crippen molar-refractivity contribution in [1.82, 2.24) is 0 Å². The van der Waals surface area contributed by atoms with E-state index in [0.29, 0.717) is 16.4 Å². The molecule has 0 atom stereocenters. The molecule has 0 saturated carbocycles. The number of benzene rings is 3. The monoisotopic (exact) mass is 474 g/mol. The average molecular weight is 475 g/mol. The number of aryl methyl sites for hydroxylation is 1. The zero-order valence-electron chi connectivity index (χ0n) is 17.2. The number of anilines is 2. The number of amides is 1. The molecule has 5 nitrogen and oxygen atoms in total. The molecule has 3 rings (SSSR count). The third kappa shape index (κ3) is 5.61. The van der Waals surface area contributed by atoms with Crippen molar-refractivity contribution in [2.75, 3.05) is 21.9 Å². The predicted octanol–water partition coefficient (Wildman–Crippen LogP) is 5.59. The van der Waals surface area contributed by atoms with Crippen LogP contribution >= 0.6 is 23.4 Å². The molecule has 0 aliphatic rings. The van der Waals surface area contributed by atoms with Gasteiger partial charge in [0.05, 0.1) is 16.3 Å². The van der Waals surface area contributed by atoms with E-state index in [1.807, 2.05) is 32.0 Å². The van der Waals surface area contributed by atoms with Crippen molar-refractivity contribution in [3.63, 3.8) is 0 Å². The standard InChI is InChI=1S/C23H23ClN2O3S2/c1-3-30-22-12-8-7-11-21(22)25-23(27)16-26(18-14-13-17(2)20(24)15-18)31(28,29)19-9-5-4-6-10-19/h4-15H,3,16H2,1-2H3,(H,25,27). The Bertz CT molecular complexity index is 1170. The first kappa shape index (κ1) is 23.2. The summed E-state index contributed by atoms with van der Waals surface area (Å²) in [7, 11) is -3.98. The maximum atomic E-state index is 13.4. The summed E-state index contributed by atoms with van der Waals surface area (Å²) >= 11 is 7.85. The highest BCUT2D eigenvalue weighted by Gasteiger charge is 2.27. The molecular formula is C23H23ClN2O3S2. The van der Waals surface area contributed by atoms with Crippen LogP contribution in [0.25, 0.3) is 0 Å². The number of rotatable bonds is 8. The van der Waals surface area contributed by atoms with Gasteiger partial charge in [0.1, 0.15) is 6.54 Å². The van der Waals surface area contributed by atoms with Gasteiger partial charge in [0.25, 0.3) is 10.0 Å². The number of para-hydroxylation sites is 1. The van der Waals surface area contributed by atoms with Crippen LogP contribution in [0.3, 0.4) is 0 Å². The molecule has 3 aromatic rings. The van der Waals surface area contributed by atoms with E-state index in [1.54, 1.807) is 54.2 Å². The van der Waals surface area contributed by atoms with Crippen LogP contribution in [0.2, 0.25) is 5.02 Å². The van der Waals surface area contributed by atoms with E-state index in [2.05, 4.69) is 5.32 Å². The number of sulfonamides is 1. The molecule has 3 aromatic carbocycles. The third-order valence-electron chi connectivity index (χ3n) is 4.52. The molecule has 31 heavy (non-hydrogen) atoms. The van der Waals surface area contributed by atoms with Gasteiger partial charge >= 0.3 is 0 Å². The van der Waals surface area contributed by atoms with E-state index in [4.69, 9.17) is 11.6 Å². The molecule has 0 spiro atoms. The Labute approximate surface area is 192 Å². The first-order valence-electron chi connectivity index (χ1n) is 9.68. The average Bonchev–Trinajstić information content (AvgIpc) is 2.76. The molecule has 0 heterocycles. The lowest BCUT2D eigenvalue weighted by atomic mass is 10.2. The summed E-state index contributed by atoms with van der Waals surface area (Å²) in [4.78, 5) is 13.9. The zero-order valence-corrected chi connectivity index (χ0v) is 19.6. The molecule has 0 aromatic heterocycles. The largest absolute Gasteiger partial charge is 0.323 e. The van der Waals surface area contributed by atoms with Gasteiger partial charge in [0.15, 0.2) is 0 Å². The quantitative estimate of drug-likeness (QED) is 0.432. The van der Waals surface area contributed by atoms with Gasteiger partial charge in [-0.25, -0.2) is 8.42 Å². The maximum Gasteiger partial charge on any atom is 0.264 e. The summed E-state index contributed by atoms with van der Waals surface area (Å²) in [6.07, 6.45) is 0. The lowest BCUT2D eigenvalue weighted by molar-refractivity contribution is -0.114. The fourth-order valence-electron chi connectivity index (χ4n) is 2.94. The van der Waals surface area contributed by atoms with Gasteiger partial charge in [0, 0.05) is 9.92 Å². The third-order valence-corrected chi connectivity index (χ3v) is 7.67. The van der Waals surface area contributed by atoms with Gasteiger partial charge in [0.2, 0.25) is 5.91 Å². The van der Waals surface area contributed by atoms with Crippen LogP contribution < -0.4 is 9.62 Å². The number of thioether (sulfide) groups is 1. The highest BCUT2D eigenvalue weighted by Crippen LogP contribution is 2.29. The van der Waals surface area contributed by atoms with E-state index in [-0.39, 0.29) is 11.4 Å². The molecule has 0 saturated heterocycles. The number of nitrogens with one attached hydrogen (secondary N) is 1. The van der Waals surface area contributed by atoms with Crippen LogP contribution in [-0.2, 0) is 14.8 Å². The normalized spacial score (nSPS) is 11.2. The van der Waals surface area contributed by atoms with Crippen molar-refractivity contribution >= 4 is 50.7 Å². The van der Waals surface area contributed by atoms with Crippen molar-refractivity contribution in [3.8, 4) is 0 Å². The Kier molecular flexibility index (Phi) is 7.64. The Morgan fingerprint density at radius 3 is 2.39 bits per heavy atom. The molecule has 162 valence electrons. The smallest absolute Gasteiger partial charge is 0.264 e. The van der Waals surface area contributed by atoms with Crippen LogP contribution in [-0.4, -0.2) is 26.6 Å². The zero-order chi connectivity index (χ0) is 22.4. The van der Waals surface area contributed by atoms with Gasteiger partial charge in [-0.15, -0.1) is 11.8 Å². The van der Waals surface area contributed by atoms with Crippen molar-refractivity contribution in [3.05, 3.63) is 83.4 Å². The van der Waals surface area contributed by atoms with Crippen molar-refractivity contribution in [1.29, 1.82) is 0 Å². The molecular weight excluding hydrogens is 452 g/mol. The molecule has 0 radical (unpaired) electrons. The van der Waals surface area contributed by atoms with E-state index in [0.717, 1.165) is 20.5 Å². The summed E-state index contributed by atoms with van der Waals surface area (Å²) < 4.78 is 27.9. The van der Waals surface area contributed by atoms with Crippen LogP contribution in [0.1, 0.15) is 12.5 Å². The van der Waals surface area contributed by atoms with E-state index < -0.39 is 15.9 Å². The van der Waals surface area contributed by atoms with Crippen LogP contribution in [0.15, 0.2) is 82.6 Å². The van der Waals surface area contributed by atoms with Gasteiger partial charge in [-0.1, -0.05) is 54.9 Å². The van der Waals surface area contributed by atoms with E-state index in [9.17, 15) is 13.2 Å². The molecule has 0 fully saturated rings. The summed E-state index contributed by atoms with van der Waals surface area (Å²) in [5.74, 6) is 0.406. The SMILES string of the molecule is CCSc1ccccc1NC(=O)CN(c1ccc(C)c(Cl)c1)S(=O)(=O)c1ccccc1. The summed E-state index contributed by atoms with van der Waals surface area (Å²) in [5, 5.41) is 3.27. The molecule has 0 aliphatic carbocycles. The highest BCUT2D eigenvalue weighted by molar-refractivity contribution is 7.99. The Hall–Kier alpha value is -2.48. The van der Waals surface area contributed by atoms with Crippen molar-refractivity contribution in [2.45, 2.75) is 23.6 Å². The number of nitrogens with zero attached hydrogens (tertiary/aromatic N) is 1. The number of carbonyl (C=O) groups is 1.